The minimum absolute atomic E-state index is 0.0275. The van der Waals surface area contributed by atoms with E-state index in [4.69, 9.17) is 5.73 Å². The SMILES string of the molecule is CN(CCN)c1ncc(Br)cc1[N+](=O)[O-]. The third kappa shape index (κ3) is 2.87. The highest BCUT2D eigenvalue weighted by atomic mass is 79.9. The van der Waals surface area contributed by atoms with Crippen LogP contribution in [0.5, 0.6) is 0 Å². The predicted octanol–water partition coefficient (Wildman–Crippen LogP) is 1.15. The molecule has 0 radical (unpaired) electrons. The summed E-state index contributed by atoms with van der Waals surface area (Å²) in [6.07, 6.45) is 1.52. The third-order valence-electron chi connectivity index (χ3n) is 1.84. The molecule has 1 rings (SSSR count). The minimum Gasteiger partial charge on any atom is -0.353 e. The molecule has 0 unspecified atom stereocenters. The molecule has 6 nitrogen and oxygen atoms in total. The fourth-order valence-electron chi connectivity index (χ4n) is 1.15. The van der Waals surface area contributed by atoms with E-state index in [1.165, 1.54) is 12.3 Å². The van der Waals surface area contributed by atoms with E-state index in [0.29, 0.717) is 23.4 Å². The van der Waals surface area contributed by atoms with Crippen LogP contribution in [0.4, 0.5) is 11.5 Å². The fourth-order valence-corrected chi connectivity index (χ4v) is 1.47. The van der Waals surface area contributed by atoms with Gasteiger partial charge in [-0.1, -0.05) is 0 Å². The van der Waals surface area contributed by atoms with Crippen LogP contribution < -0.4 is 10.6 Å². The van der Waals surface area contributed by atoms with Crippen molar-refractivity contribution in [1.82, 2.24) is 4.98 Å². The summed E-state index contributed by atoms with van der Waals surface area (Å²) in [6, 6.07) is 1.43. The third-order valence-corrected chi connectivity index (χ3v) is 2.27. The Bertz CT molecular complexity index is 372. The van der Waals surface area contributed by atoms with Crippen LogP contribution in [0.2, 0.25) is 0 Å². The Morgan fingerprint density at radius 3 is 2.93 bits per heavy atom. The van der Waals surface area contributed by atoms with Crippen LogP contribution in [-0.2, 0) is 0 Å². The molecule has 0 aliphatic heterocycles. The molecule has 0 amide bonds. The fraction of sp³-hybridized carbons (Fsp3) is 0.375. The summed E-state index contributed by atoms with van der Waals surface area (Å²) >= 11 is 3.14. The summed E-state index contributed by atoms with van der Waals surface area (Å²) in [4.78, 5) is 16.0. The lowest BCUT2D eigenvalue weighted by Gasteiger charge is -2.16. The molecule has 7 heteroatoms. The molecule has 15 heavy (non-hydrogen) atoms. The first-order valence-corrected chi connectivity index (χ1v) is 5.06. The van der Waals surface area contributed by atoms with E-state index in [0.717, 1.165) is 0 Å². The Hall–Kier alpha value is -1.21. The second-order valence-electron chi connectivity index (χ2n) is 2.96. The van der Waals surface area contributed by atoms with Crippen molar-refractivity contribution in [1.29, 1.82) is 0 Å². The second kappa shape index (κ2) is 5.04. The Balaban J connectivity index is 3.10. The van der Waals surface area contributed by atoms with E-state index < -0.39 is 4.92 Å². The number of hydrogen-bond acceptors (Lipinski definition) is 5. The second-order valence-corrected chi connectivity index (χ2v) is 3.88. The Kier molecular flexibility index (Phi) is 3.98. The number of hydrogen-bond donors (Lipinski definition) is 1. The van der Waals surface area contributed by atoms with E-state index in [-0.39, 0.29) is 5.69 Å². The lowest BCUT2D eigenvalue weighted by molar-refractivity contribution is -0.384. The number of nitrogens with zero attached hydrogens (tertiary/aromatic N) is 3. The maximum atomic E-state index is 10.8. The lowest BCUT2D eigenvalue weighted by atomic mass is 10.3. The summed E-state index contributed by atoms with van der Waals surface area (Å²) < 4.78 is 0.582. The molecule has 0 aliphatic rings. The van der Waals surface area contributed by atoms with Gasteiger partial charge in [-0.15, -0.1) is 0 Å². The van der Waals surface area contributed by atoms with Crippen molar-refractivity contribution in [2.75, 3.05) is 25.0 Å². The first kappa shape index (κ1) is 11.9. The van der Waals surface area contributed by atoms with E-state index in [9.17, 15) is 10.1 Å². The first-order chi connectivity index (χ1) is 7.06. The van der Waals surface area contributed by atoms with Crippen LogP contribution in [-0.4, -0.2) is 30.0 Å². The molecule has 1 aromatic rings. The molecule has 0 bridgehead atoms. The normalized spacial score (nSPS) is 10.1. The van der Waals surface area contributed by atoms with Gasteiger partial charge in [0.2, 0.25) is 5.82 Å². The van der Waals surface area contributed by atoms with Gasteiger partial charge in [0, 0.05) is 36.9 Å². The van der Waals surface area contributed by atoms with Crippen molar-refractivity contribution in [3.05, 3.63) is 26.9 Å². The van der Waals surface area contributed by atoms with Crippen LogP contribution in [0, 0.1) is 10.1 Å². The number of rotatable bonds is 4. The van der Waals surface area contributed by atoms with Gasteiger partial charge in [0.1, 0.15) is 0 Å². The molecular weight excluding hydrogens is 264 g/mol. The standard InChI is InChI=1S/C8H11BrN4O2/c1-12(3-2-10)8-7(13(14)15)4-6(9)5-11-8/h4-5H,2-3,10H2,1H3. The monoisotopic (exact) mass is 274 g/mol. The topological polar surface area (TPSA) is 85.3 Å². The molecule has 1 heterocycles. The van der Waals surface area contributed by atoms with Crippen LogP contribution in [0.25, 0.3) is 0 Å². The number of anilines is 1. The summed E-state index contributed by atoms with van der Waals surface area (Å²) in [6.45, 7) is 0.945. The van der Waals surface area contributed by atoms with Crippen molar-refractivity contribution in [2.24, 2.45) is 5.73 Å². The van der Waals surface area contributed by atoms with Gasteiger partial charge in [0.15, 0.2) is 0 Å². The number of halogens is 1. The number of nitrogens with two attached hydrogens (primary N) is 1. The highest BCUT2D eigenvalue weighted by molar-refractivity contribution is 9.10. The van der Waals surface area contributed by atoms with E-state index in [1.54, 1.807) is 11.9 Å². The van der Waals surface area contributed by atoms with E-state index >= 15 is 0 Å². The predicted molar refractivity (Wildman–Crippen MR) is 60.9 cm³/mol. The van der Waals surface area contributed by atoms with Crippen molar-refractivity contribution in [3.63, 3.8) is 0 Å². The molecular formula is C8H11BrN4O2. The number of aromatic nitrogens is 1. The molecule has 0 saturated carbocycles. The smallest absolute Gasteiger partial charge is 0.312 e. The maximum absolute atomic E-state index is 10.8. The van der Waals surface area contributed by atoms with Crippen molar-refractivity contribution < 1.29 is 4.92 Å². The Labute approximate surface area is 95.4 Å². The highest BCUT2D eigenvalue weighted by Gasteiger charge is 2.18. The summed E-state index contributed by atoms with van der Waals surface area (Å²) in [7, 11) is 1.72. The van der Waals surface area contributed by atoms with Gasteiger partial charge in [-0.2, -0.15) is 0 Å². The first-order valence-electron chi connectivity index (χ1n) is 4.27. The molecule has 82 valence electrons. The Morgan fingerprint density at radius 2 is 2.40 bits per heavy atom. The summed E-state index contributed by atoms with van der Waals surface area (Å²) in [5, 5.41) is 10.8. The van der Waals surface area contributed by atoms with Gasteiger partial charge in [-0.05, 0) is 15.9 Å². The Morgan fingerprint density at radius 1 is 1.73 bits per heavy atom. The number of pyridine rings is 1. The van der Waals surface area contributed by atoms with Gasteiger partial charge in [0.25, 0.3) is 0 Å². The number of likely N-dealkylation sites (N-methyl/N-ethyl adjacent to an activating group) is 1. The largest absolute Gasteiger partial charge is 0.353 e. The zero-order valence-corrected chi connectivity index (χ0v) is 9.77. The van der Waals surface area contributed by atoms with Crippen molar-refractivity contribution in [2.45, 2.75) is 0 Å². The molecule has 2 N–H and O–H groups in total. The van der Waals surface area contributed by atoms with Crippen LogP contribution >= 0.6 is 15.9 Å². The van der Waals surface area contributed by atoms with E-state index in [1.807, 2.05) is 0 Å². The van der Waals surface area contributed by atoms with E-state index in [2.05, 4.69) is 20.9 Å². The molecule has 0 saturated heterocycles. The molecule has 0 atom stereocenters. The molecule has 1 aromatic heterocycles. The van der Waals surface area contributed by atoms with Crippen LogP contribution in [0.1, 0.15) is 0 Å². The minimum atomic E-state index is -0.458. The van der Waals surface area contributed by atoms with Crippen molar-refractivity contribution in [3.8, 4) is 0 Å². The van der Waals surface area contributed by atoms with Gasteiger partial charge in [-0.25, -0.2) is 4.98 Å². The summed E-state index contributed by atoms with van der Waals surface area (Å²) in [5.41, 5.74) is 5.35. The highest BCUT2D eigenvalue weighted by Crippen LogP contribution is 2.27. The lowest BCUT2D eigenvalue weighted by Crippen LogP contribution is -2.26. The number of nitro groups is 1. The zero-order valence-electron chi connectivity index (χ0n) is 8.18. The van der Waals surface area contributed by atoms with Gasteiger partial charge >= 0.3 is 5.69 Å². The molecule has 0 spiro atoms. The maximum Gasteiger partial charge on any atom is 0.312 e. The average molecular weight is 275 g/mol. The molecule has 0 fully saturated rings. The van der Waals surface area contributed by atoms with Crippen molar-refractivity contribution >= 4 is 27.4 Å². The quantitative estimate of drug-likeness (QED) is 0.658. The summed E-state index contributed by atoms with van der Waals surface area (Å²) in [5.74, 6) is 0.327. The van der Waals surface area contributed by atoms with Gasteiger partial charge < -0.3 is 10.6 Å². The van der Waals surface area contributed by atoms with Gasteiger partial charge in [-0.3, -0.25) is 10.1 Å². The van der Waals surface area contributed by atoms with Crippen LogP contribution in [0.3, 0.4) is 0 Å². The molecule has 0 aromatic carbocycles. The average Bonchev–Trinajstić information content (AvgIpc) is 2.17. The van der Waals surface area contributed by atoms with Crippen LogP contribution in [0.15, 0.2) is 16.7 Å². The molecule has 0 aliphatic carbocycles. The zero-order chi connectivity index (χ0) is 11.4. The van der Waals surface area contributed by atoms with Gasteiger partial charge in [0.05, 0.1) is 4.92 Å².